The van der Waals surface area contributed by atoms with E-state index in [0.717, 1.165) is 6.42 Å². The SMILES string of the molecule is CC1CC(C)CN(C(=O)Cn2cnc3ccc([N+](=O)[O-])cc3c2=O)C1. The molecular formula is C17H20N4O4. The maximum absolute atomic E-state index is 12.6. The number of nitrogens with zero attached hydrogens (tertiary/aromatic N) is 4. The summed E-state index contributed by atoms with van der Waals surface area (Å²) in [6.45, 7) is 5.48. The van der Waals surface area contributed by atoms with Gasteiger partial charge in [-0.3, -0.25) is 24.3 Å². The van der Waals surface area contributed by atoms with Crippen LogP contribution in [0.5, 0.6) is 0 Å². The summed E-state index contributed by atoms with van der Waals surface area (Å²) in [4.78, 5) is 41.4. The molecule has 1 saturated heterocycles. The van der Waals surface area contributed by atoms with Gasteiger partial charge in [-0.15, -0.1) is 0 Å². The minimum Gasteiger partial charge on any atom is -0.341 e. The monoisotopic (exact) mass is 344 g/mol. The number of nitro benzene ring substituents is 1. The standard InChI is InChI=1S/C17H20N4O4/c1-11-5-12(2)8-19(7-11)16(22)9-20-10-18-15-4-3-13(21(24)25)6-14(15)17(20)23/h3-4,6,10-12H,5,7-9H2,1-2H3. The molecule has 2 aromatic rings. The molecule has 0 bridgehead atoms. The molecule has 1 aromatic carbocycles. The van der Waals surface area contributed by atoms with Crippen LogP contribution in [0.2, 0.25) is 0 Å². The van der Waals surface area contributed by atoms with Crippen molar-refractivity contribution in [2.24, 2.45) is 11.8 Å². The van der Waals surface area contributed by atoms with Crippen LogP contribution in [-0.4, -0.2) is 38.4 Å². The number of nitro groups is 1. The molecule has 2 heterocycles. The van der Waals surface area contributed by atoms with Crippen molar-refractivity contribution < 1.29 is 9.72 Å². The highest BCUT2D eigenvalue weighted by Gasteiger charge is 2.25. The van der Waals surface area contributed by atoms with Gasteiger partial charge in [0.2, 0.25) is 5.91 Å². The maximum atomic E-state index is 12.6. The average molecular weight is 344 g/mol. The summed E-state index contributed by atoms with van der Waals surface area (Å²) in [5.41, 5.74) is -0.242. The molecule has 1 aliphatic rings. The van der Waals surface area contributed by atoms with Crippen LogP contribution in [0.25, 0.3) is 10.9 Å². The molecule has 0 spiro atoms. The van der Waals surface area contributed by atoms with Crippen molar-refractivity contribution in [2.75, 3.05) is 13.1 Å². The zero-order chi connectivity index (χ0) is 18.1. The van der Waals surface area contributed by atoms with Gasteiger partial charge < -0.3 is 4.90 Å². The Hall–Kier alpha value is -2.77. The molecule has 1 aromatic heterocycles. The molecule has 2 atom stereocenters. The van der Waals surface area contributed by atoms with E-state index in [1.165, 1.54) is 29.1 Å². The number of hydrogen-bond donors (Lipinski definition) is 0. The lowest BCUT2D eigenvalue weighted by Gasteiger charge is -2.35. The van der Waals surface area contributed by atoms with E-state index in [4.69, 9.17) is 0 Å². The van der Waals surface area contributed by atoms with Gasteiger partial charge in [-0.25, -0.2) is 4.98 Å². The molecule has 1 aliphatic heterocycles. The highest BCUT2D eigenvalue weighted by molar-refractivity contribution is 5.81. The zero-order valence-electron chi connectivity index (χ0n) is 14.2. The van der Waals surface area contributed by atoms with Gasteiger partial charge in [0, 0.05) is 25.2 Å². The minimum absolute atomic E-state index is 0.107. The van der Waals surface area contributed by atoms with Crippen molar-refractivity contribution in [1.82, 2.24) is 14.5 Å². The van der Waals surface area contributed by atoms with Crippen LogP contribution >= 0.6 is 0 Å². The number of carbonyl (C=O) groups excluding carboxylic acids is 1. The first-order chi connectivity index (χ1) is 11.8. The highest BCUT2D eigenvalue weighted by atomic mass is 16.6. The number of benzene rings is 1. The number of fused-ring (bicyclic) bond motifs is 1. The number of amides is 1. The topological polar surface area (TPSA) is 98.3 Å². The van der Waals surface area contributed by atoms with E-state index in [1.54, 1.807) is 4.90 Å². The molecule has 25 heavy (non-hydrogen) atoms. The van der Waals surface area contributed by atoms with Crippen LogP contribution in [0.1, 0.15) is 20.3 Å². The second-order valence-electron chi connectivity index (χ2n) is 6.88. The number of rotatable bonds is 3. The van der Waals surface area contributed by atoms with Crippen molar-refractivity contribution in [2.45, 2.75) is 26.8 Å². The fraction of sp³-hybridized carbons (Fsp3) is 0.471. The summed E-state index contributed by atoms with van der Waals surface area (Å²) in [5, 5.41) is 11.0. The highest BCUT2D eigenvalue weighted by Crippen LogP contribution is 2.21. The molecule has 0 aliphatic carbocycles. The zero-order valence-corrected chi connectivity index (χ0v) is 14.2. The normalized spacial score (nSPS) is 20.6. The Morgan fingerprint density at radius 1 is 1.32 bits per heavy atom. The summed E-state index contributed by atoms with van der Waals surface area (Å²) in [5.74, 6) is 0.732. The van der Waals surface area contributed by atoms with Gasteiger partial charge in [0.1, 0.15) is 6.54 Å². The van der Waals surface area contributed by atoms with E-state index < -0.39 is 10.5 Å². The smallest absolute Gasteiger partial charge is 0.270 e. The van der Waals surface area contributed by atoms with Gasteiger partial charge in [0.25, 0.3) is 11.2 Å². The Morgan fingerprint density at radius 3 is 2.64 bits per heavy atom. The lowest BCUT2D eigenvalue weighted by molar-refractivity contribution is -0.384. The lowest BCUT2D eigenvalue weighted by Crippen LogP contribution is -2.44. The number of non-ortho nitro benzene ring substituents is 1. The molecule has 0 saturated carbocycles. The van der Waals surface area contributed by atoms with Crippen LogP contribution in [0.3, 0.4) is 0 Å². The third-order valence-corrected chi connectivity index (χ3v) is 4.55. The number of likely N-dealkylation sites (tertiary alicyclic amines) is 1. The number of piperidine rings is 1. The molecule has 3 rings (SSSR count). The largest absolute Gasteiger partial charge is 0.341 e. The predicted molar refractivity (Wildman–Crippen MR) is 92.2 cm³/mol. The summed E-state index contributed by atoms with van der Waals surface area (Å²) >= 11 is 0. The second-order valence-corrected chi connectivity index (χ2v) is 6.88. The summed E-state index contributed by atoms with van der Waals surface area (Å²) in [6, 6.07) is 3.95. The lowest BCUT2D eigenvalue weighted by atomic mass is 9.92. The van der Waals surface area contributed by atoms with E-state index in [9.17, 15) is 19.7 Å². The Bertz CT molecular complexity index is 882. The average Bonchev–Trinajstić information content (AvgIpc) is 2.56. The third kappa shape index (κ3) is 3.52. The Labute approximate surface area is 144 Å². The summed E-state index contributed by atoms with van der Waals surface area (Å²) in [7, 11) is 0. The van der Waals surface area contributed by atoms with Crippen LogP contribution in [0.4, 0.5) is 5.69 Å². The molecule has 8 nitrogen and oxygen atoms in total. The van der Waals surface area contributed by atoms with E-state index in [1.807, 2.05) is 0 Å². The van der Waals surface area contributed by atoms with Gasteiger partial charge in [0.05, 0.1) is 22.2 Å². The van der Waals surface area contributed by atoms with E-state index in [2.05, 4.69) is 18.8 Å². The van der Waals surface area contributed by atoms with Gasteiger partial charge in [-0.2, -0.15) is 0 Å². The van der Waals surface area contributed by atoms with Gasteiger partial charge in [-0.05, 0) is 24.3 Å². The van der Waals surface area contributed by atoms with Crippen LogP contribution in [-0.2, 0) is 11.3 Å². The Morgan fingerprint density at radius 2 is 2.00 bits per heavy atom. The molecule has 0 N–H and O–H groups in total. The van der Waals surface area contributed by atoms with E-state index in [0.29, 0.717) is 30.4 Å². The van der Waals surface area contributed by atoms with Crippen LogP contribution in [0.15, 0.2) is 29.3 Å². The van der Waals surface area contributed by atoms with Gasteiger partial charge in [0.15, 0.2) is 0 Å². The first-order valence-electron chi connectivity index (χ1n) is 8.26. The van der Waals surface area contributed by atoms with Crippen molar-refractivity contribution in [3.8, 4) is 0 Å². The predicted octanol–water partition coefficient (Wildman–Crippen LogP) is 1.81. The van der Waals surface area contributed by atoms with Crippen molar-refractivity contribution in [1.29, 1.82) is 0 Å². The number of carbonyl (C=O) groups is 1. The summed E-state index contributed by atoms with van der Waals surface area (Å²) < 4.78 is 1.22. The molecule has 8 heteroatoms. The van der Waals surface area contributed by atoms with Gasteiger partial charge >= 0.3 is 0 Å². The fourth-order valence-corrected chi connectivity index (χ4v) is 3.49. The summed E-state index contributed by atoms with van der Waals surface area (Å²) in [6.07, 6.45) is 2.41. The molecule has 2 unspecified atom stereocenters. The minimum atomic E-state index is -0.558. The Balaban J connectivity index is 1.88. The molecule has 132 valence electrons. The van der Waals surface area contributed by atoms with Crippen LogP contribution < -0.4 is 5.56 Å². The fourth-order valence-electron chi connectivity index (χ4n) is 3.49. The first kappa shape index (κ1) is 17.1. The van der Waals surface area contributed by atoms with Crippen molar-refractivity contribution in [3.05, 3.63) is 45.0 Å². The molecule has 1 fully saturated rings. The molecule has 1 amide bonds. The Kier molecular flexibility index (Phi) is 4.52. The number of hydrogen-bond acceptors (Lipinski definition) is 5. The van der Waals surface area contributed by atoms with Crippen molar-refractivity contribution >= 4 is 22.5 Å². The van der Waals surface area contributed by atoms with Crippen LogP contribution in [0, 0.1) is 22.0 Å². The molecular weight excluding hydrogens is 324 g/mol. The van der Waals surface area contributed by atoms with E-state index in [-0.39, 0.29) is 23.5 Å². The quantitative estimate of drug-likeness (QED) is 0.625. The maximum Gasteiger partial charge on any atom is 0.270 e. The van der Waals surface area contributed by atoms with Gasteiger partial charge in [-0.1, -0.05) is 13.8 Å². The second kappa shape index (κ2) is 6.62. The van der Waals surface area contributed by atoms with Crippen molar-refractivity contribution in [3.63, 3.8) is 0 Å². The third-order valence-electron chi connectivity index (χ3n) is 4.55. The van der Waals surface area contributed by atoms with E-state index >= 15 is 0 Å². The number of aromatic nitrogens is 2. The molecule has 0 radical (unpaired) electrons. The first-order valence-corrected chi connectivity index (χ1v) is 8.26.